The van der Waals surface area contributed by atoms with Gasteiger partial charge in [0.2, 0.25) is 0 Å². The fraction of sp³-hybridized carbons (Fsp3) is 0.0909. The molecule has 1 unspecified atom stereocenters. The van der Waals surface area contributed by atoms with Crippen LogP contribution in [0.15, 0.2) is 84.9 Å². The van der Waals surface area contributed by atoms with E-state index in [1.54, 1.807) is 11.8 Å². The fourth-order valence-electron chi connectivity index (χ4n) is 3.04. The molecule has 1 heterocycles. The minimum absolute atomic E-state index is 0.623. The van der Waals surface area contributed by atoms with Gasteiger partial charge in [-0.15, -0.1) is 5.10 Å². The first kappa shape index (κ1) is 17.0. The Bertz CT molecular complexity index is 956. The van der Waals surface area contributed by atoms with E-state index < -0.39 is 6.10 Å². The second kappa shape index (κ2) is 7.43. The van der Waals surface area contributed by atoms with Gasteiger partial charge < -0.3 is 9.84 Å². The molecule has 1 N–H and O–H groups in total. The van der Waals surface area contributed by atoms with Gasteiger partial charge in [0.25, 0.3) is 0 Å². The van der Waals surface area contributed by atoms with Gasteiger partial charge in [0.05, 0.1) is 12.8 Å². The van der Waals surface area contributed by atoms with Crippen molar-refractivity contribution < 1.29 is 9.84 Å². The third-order valence-corrected chi connectivity index (χ3v) is 4.44. The van der Waals surface area contributed by atoms with E-state index in [0.717, 1.165) is 22.6 Å². The van der Waals surface area contributed by atoms with Gasteiger partial charge in [0.1, 0.15) is 23.2 Å². The first-order chi connectivity index (χ1) is 13.3. The Labute approximate surface area is 157 Å². The third-order valence-electron chi connectivity index (χ3n) is 4.44. The summed E-state index contributed by atoms with van der Waals surface area (Å²) in [5.74, 6) is 0.740. The summed E-state index contributed by atoms with van der Waals surface area (Å²) in [5.41, 5.74) is 3.77. The molecule has 0 saturated carbocycles. The van der Waals surface area contributed by atoms with E-state index in [-0.39, 0.29) is 0 Å². The Kier molecular flexibility index (Phi) is 4.68. The molecule has 0 aliphatic rings. The number of methoxy groups -OCH3 is 1. The van der Waals surface area contributed by atoms with Gasteiger partial charge in [-0.25, -0.2) is 4.68 Å². The summed E-state index contributed by atoms with van der Waals surface area (Å²) in [5, 5.41) is 19.9. The molecule has 0 aliphatic carbocycles. The van der Waals surface area contributed by atoms with Crippen LogP contribution in [0.3, 0.4) is 0 Å². The van der Waals surface area contributed by atoms with E-state index in [4.69, 9.17) is 4.74 Å². The molecule has 27 heavy (non-hydrogen) atoms. The van der Waals surface area contributed by atoms with Gasteiger partial charge in [0, 0.05) is 5.56 Å². The molecule has 4 rings (SSSR count). The summed E-state index contributed by atoms with van der Waals surface area (Å²) < 4.78 is 6.91. The highest BCUT2D eigenvalue weighted by molar-refractivity contribution is 5.63. The average Bonchev–Trinajstić information content (AvgIpc) is 3.20. The molecule has 3 aromatic carbocycles. The third kappa shape index (κ3) is 3.32. The van der Waals surface area contributed by atoms with Crippen molar-refractivity contribution >= 4 is 0 Å². The van der Waals surface area contributed by atoms with Crippen LogP contribution in [0.4, 0.5) is 0 Å². The van der Waals surface area contributed by atoms with Crippen LogP contribution in [0.1, 0.15) is 17.4 Å². The first-order valence-electron chi connectivity index (χ1n) is 8.66. The van der Waals surface area contributed by atoms with Crippen LogP contribution in [0, 0.1) is 0 Å². The van der Waals surface area contributed by atoms with E-state index in [2.05, 4.69) is 10.3 Å². The van der Waals surface area contributed by atoms with Gasteiger partial charge in [-0.2, -0.15) is 0 Å². The monoisotopic (exact) mass is 357 g/mol. The SMILES string of the molecule is COc1ccc(C(O)c2c(-c3ccccc3)nnn2-c2ccccc2)cc1. The van der Waals surface area contributed by atoms with Crippen molar-refractivity contribution in [3.63, 3.8) is 0 Å². The van der Waals surface area contributed by atoms with E-state index in [9.17, 15) is 5.11 Å². The Hall–Kier alpha value is -3.44. The zero-order valence-electron chi connectivity index (χ0n) is 14.9. The highest BCUT2D eigenvalue weighted by Crippen LogP contribution is 2.32. The van der Waals surface area contributed by atoms with Crippen molar-refractivity contribution in [1.29, 1.82) is 0 Å². The molecule has 0 saturated heterocycles. The molecule has 0 radical (unpaired) electrons. The number of nitrogens with zero attached hydrogens (tertiary/aromatic N) is 3. The Morgan fingerprint density at radius 3 is 2.11 bits per heavy atom. The number of hydrogen-bond donors (Lipinski definition) is 1. The molecule has 5 heteroatoms. The molecular weight excluding hydrogens is 338 g/mol. The number of rotatable bonds is 5. The van der Waals surface area contributed by atoms with Gasteiger partial charge >= 0.3 is 0 Å². The molecule has 0 bridgehead atoms. The largest absolute Gasteiger partial charge is 0.497 e. The number of aliphatic hydroxyl groups is 1. The topological polar surface area (TPSA) is 60.2 Å². The number of benzene rings is 3. The Morgan fingerprint density at radius 2 is 1.48 bits per heavy atom. The lowest BCUT2D eigenvalue weighted by Gasteiger charge is -2.15. The summed E-state index contributed by atoms with van der Waals surface area (Å²) in [6.07, 6.45) is -0.888. The predicted molar refractivity (Wildman–Crippen MR) is 104 cm³/mol. The van der Waals surface area contributed by atoms with Crippen LogP contribution in [-0.4, -0.2) is 27.2 Å². The minimum atomic E-state index is -0.888. The number of hydrogen-bond acceptors (Lipinski definition) is 4. The lowest BCUT2D eigenvalue weighted by atomic mass is 10.0. The van der Waals surface area contributed by atoms with Crippen LogP contribution in [0.2, 0.25) is 0 Å². The standard InChI is InChI=1S/C22H19N3O2/c1-27-19-14-12-17(13-15-19)22(26)21-20(16-8-4-2-5-9-16)23-24-25(21)18-10-6-3-7-11-18/h2-15,22,26H,1H3. The van der Waals surface area contributed by atoms with Crippen molar-refractivity contribution in [2.75, 3.05) is 7.11 Å². The molecule has 0 aliphatic heterocycles. The summed E-state index contributed by atoms with van der Waals surface area (Å²) >= 11 is 0. The minimum Gasteiger partial charge on any atom is -0.497 e. The quantitative estimate of drug-likeness (QED) is 0.586. The number of aliphatic hydroxyl groups excluding tert-OH is 1. The zero-order chi connectivity index (χ0) is 18.6. The van der Waals surface area contributed by atoms with Crippen molar-refractivity contribution in [3.05, 3.63) is 96.2 Å². The second-order valence-electron chi connectivity index (χ2n) is 6.11. The molecule has 0 fully saturated rings. The highest BCUT2D eigenvalue weighted by atomic mass is 16.5. The normalized spacial score (nSPS) is 11.9. The molecule has 0 amide bonds. The summed E-state index contributed by atoms with van der Waals surface area (Å²) in [6.45, 7) is 0. The molecule has 0 spiro atoms. The van der Waals surface area contributed by atoms with E-state index in [1.807, 2.05) is 84.9 Å². The van der Waals surface area contributed by atoms with Crippen molar-refractivity contribution in [2.45, 2.75) is 6.10 Å². The van der Waals surface area contributed by atoms with Gasteiger partial charge in [0.15, 0.2) is 0 Å². The van der Waals surface area contributed by atoms with Crippen molar-refractivity contribution in [1.82, 2.24) is 15.0 Å². The van der Waals surface area contributed by atoms with Crippen LogP contribution in [-0.2, 0) is 0 Å². The molecule has 5 nitrogen and oxygen atoms in total. The van der Waals surface area contributed by atoms with Crippen LogP contribution in [0.5, 0.6) is 5.75 Å². The highest BCUT2D eigenvalue weighted by Gasteiger charge is 2.24. The van der Waals surface area contributed by atoms with Crippen LogP contribution in [0.25, 0.3) is 16.9 Å². The Morgan fingerprint density at radius 1 is 0.852 bits per heavy atom. The smallest absolute Gasteiger partial charge is 0.123 e. The summed E-state index contributed by atoms with van der Waals surface area (Å²) in [4.78, 5) is 0. The zero-order valence-corrected chi connectivity index (χ0v) is 14.9. The first-order valence-corrected chi connectivity index (χ1v) is 8.66. The van der Waals surface area contributed by atoms with E-state index in [1.165, 1.54) is 0 Å². The number of ether oxygens (including phenoxy) is 1. The van der Waals surface area contributed by atoms with Crippen LogP contribution < -0.4 is 4.74 Å². The van der Waals surface area contributed by atoms with E-state index in [0.29, 0.717) is 11.4 Å². The molecular formula is C22H19N3O2. The van der Waals surface area contributed by atoms with Crippen molar-refractivity contribution in [2.24, 2.45) is 0 Å². The molecule has 1 atom stereocenters. The lowest BCUT2D eigenvalue weighted by Crippen LogP contribution is -2.09. The van der Waals surface area contributed by atoms with Gasteiger partial charge in [-0.05, 0) is 29.8 Å². The molecule has 134 valence electrons. The summed E-state index contributed by atoms with van der Waals surface area (Å²) in [7, 11) is 1.62. The molecule has 4 aromatic rings. The van der Waals surface area contributed by atoms with Crippen molar-refractivity contribution in [3.8, 4) is 22.7 Å². The maximum absolute atomic E-state index is 11.2. The average molecular weight is 357 g/mol. The summed E-state index contributed by atoms with van der Waals surface area (Å²) in [6, 6.07) is 26.8. The predicted octanol–water partition coefficient (Wildman–Crippen LogP) is 4.02. The fourth-order valence-corrected chi connectivity index (χ4v) is 3.04. The second-order valence-corrected chi connectivity index (χ2v) is 6.11. The van der Waals surface area contributed by atoms with E-state index >= 15 is 0 Å². The maximum Gasteiger partial charge on any atom is 0.123 e. The number of aromatic nitrogens is 3. The lowest BCUT2D eigenvalue weighted by molar-refractivity contribution is 0.212. The van der Waals surface area contributed by atoms with Gasteiger partial charge in [-0.1, -0.05) is 65.9 Å². The number of para-hydroxylation sites is 1. The Balaban J connectivity index is 1.86. The van der Waals surface area contributed by atoms with Gasteiger partial charge in [-0.3, -0.25) is 0 Å². The van der Waals surface area contributed by atoms with Crippen LogP contribution >= 0.6 is 0 Å². The maximum atomic E-state index is 11.2. The molecule has 1 aromatic heterocycles.